The number of anilines is 1. The first-order chi connectivity index (χ1) is 13.6. The van der Waals surface area contributed by atoms with E-state index >= 15 is 0 Å². The number of nitrogens with one attached hydrogen (secondary N) is 1. The molecule has 3 rings (SSSR count). The van der Waals surface area contributed by atoms with Crippen molar-refractivity contribution in [1.82, 2.24) is 0 Å². The molecule has 0 fully saturated rings. The number of hydrogen-bond donors (Lipinski definition) is 1. The Morgan fingerprint density at radius 1 is 1.11 bits per heavy atom. The Hall–Kier alpha value is -2.70. The zero-order valence-electron chi connectivity index (χ0n) is 16.4. The summed E-state index contributed by atoms with van der Waals surface area (Å²) in [4.78, 5) is 24.7. The van der Waals surface area contributed by atoms with Crippen molar-refractivity contribution in [2.75, 3.05) is 25.6 Å². The summed E-state index contributed by atoms with van der Waals surface area (Å²) in [6.45, 7) is 4.98. The highest BCUT2D eigenvalue weighted by Gasteiger charge is 2.30. The van der Waals surface area contributed by atoms with Gasteiger partial charge in [0.05, 0.1) is 24.3 Å². The van der Waals surface area contributed by atoms with E-state index in [1.54, 1.807) is 18.2 Å². The van der Waals surface area contributed by atoms with Crippen LogP contribution in [0.15, 0.2) is 42.5 Å². The molecule has 0 aromatic heterocycles. The van der Waals surface area contributed by atoms with E-state index in [1.807, 2.05) is 38.1 Å². The molecule has 0 bridgehead atoms. The van der Waals surface area contributed by atoms with Crippen LogP contribution in [0.3, 0.4) is 0 Å². The van der Waals surface area contributed by atoms with Crippen LogP contribution in [-0.2, 0) is 14.2 Å². The average molecular weight is 383 g/mol. The maximum atomic E-state index is 12.8. The fourth-order valence-corrected chi connectivity index (χ4v) is 3.41. The summed E-state index contributed by atoms with van der Waals surface area (Å²) in [5.74, 6) is -0.585. The molecule has 0 aliphatic carbocycles. The summed E-state index contributed by atoms with van der Waals surface area (Å²) in [6.07, 6.45) is -0.130. The SMILES string of the molecule is CCOC(OCC)c1ccc(C2CC(=O)c3c(cccc3C(=O)OC)N2)cc1. The van der Waals surface area contributed by atoms with Gasteiger partial charge in [-0.2, -0.15) is 0 Å². The highest BCUT2D eigenvalue weighted by Crippen LogP contribution is 2.35. The van der Waals surface area contributed by atoms with E-state index in [0.29, 0.717) is 30.0 Å². The third-order valence-corrected chi connectivity index (χ3v) is 4.71. The van der Waals surface area contributed by atoms with Crippen molar-refractivity contribution >= 4 is 17.4 Å². The number of hydrogen-bond acceptors (Lipinski definition) is 6. The van der Waals surface area contributed by atoms with Gasteiger partial charge in [-0.3, -0.25) is 4.79 Å². The molecule has 0 radical (unpaired) electrons. The molecule has 0 saturated heterocycles. The third-order valence-electron chi connectivity index (χ3n) is 4.71. The summed E-state index contributed by atoms with van der Waals surface area (Å²) in [6, 6.07) is 12.9. The van der Waals surface area contributed by atoms with Crippen LogP contribution in [0.2, 0.25) is 0 Å². The van der Waals surface area contributed by atoms with Crippen LogP contribution < -0.4 is 5.32 Å². The Bertz CT molecular complexity index is 841. The second-order valence-corrected chi connectivity index (χ2v) is 6.45. The lowest BCUT2D eigenvalue weighted by Gasteiger charge is -2.28. The molecular formula is C22H25NO5. The minimum atomic E-state index is -0.507. The van der Waals surface area contributed by atoms with E-state index in [0.717, 1.165) is 11.1 Å². The zero-order valence-corrected chi connectivity index (χ0v) is 16.4. The molecule has 6 heteroatoms. The standard InChI is InChI=1S/C22H25NO5/c1-4-27-22(28-5-2)15-11-9-14(10-12-15)18-13-19(24)20-16(21(25)26-3)7-6-8-17(20)23-18/h6-12,18,22-23H,4-5,13H2,1-3H3. The third kappa shape index (κ3) is 4.08. The lowest BCUT2D eigenvalue weighted by atomic mass is 9.89. The Morgan fingerprint density at radius 2 is 1.79 bits per heavy atom. The van der Waals surface area contributed by atoms with Gasteiger partial charge in [0.2, 0.25) is 0 Å². The number of ether oxygens (including phenoxy) is 3. The van der Waals surface area contributed by atoms with Gasteiger partial charge >= 0.3 is 5.97 Å². The van der Waals surface area contributed by atoms with Crippen LogP contribution in [0.5, 0.6) is 0 Å². The Labute approximate surface area is 164 Å². The van der Waals surface area contributed by atoms with E-state index in [-0.39, 0.29) is 18.2 Å². The lowest BCUT2D eigenvalue weighted by molar-refractivity contribution is -0.140. The van der Waals surface area contributed by atoms with Gasteiger partial charge in [0.1, 0.15) is 0 Å². The molecule has 1 aliphatic rings. The average Bonchev–Trinajstić information content (AvgIpc) is 2.72. The van der Waals surface area contributed by atoms with Gasteiger partial charge in [-0.25, -0.2) is 4.79 Å². The largest absolute Gasteiger partial charge is 0.465 e. The van der Waals surface area contributed by atoms with Crippen LogP contribution in [0.4, 0.5) is 5.69 Å². The van der Waals surface area contributed by atoms with Gasteiger partial charge in [-0.15, -0.1) is 0 Å². The minimum Gasteiger partial charge on any atom is -0.465 e. The van der Waals surface area contributed by atoms with E-state index in [9.17, 15) is 9.59 Å². The van der Waals surface area contributed by atoms with Crippen molar-refractivity contribution in [3.63, 3.8) is 0 Å². The number of fused-ring (bicyclic) bond motifs is 1. The highest BCUT2D eigenvalue weighted by atomic mass is 16.7. The molecule has 6 nitrogen and oxygen atoms in total. The summed E-state index contributed by atoms with van der Waals surface area (Å²) in [5.41, 5.74) is 3.26. The smallest absolute Gasteiger partial charge is 0.338 e. The number of carbonyl (C=O) groups is 2. The number of esters is 1. The van der Waals surface area contributed by atoms with E-state index < -0.39 is 12.3 Å². The molecule has 0 saturated carbocycles. The molecule has 148 valence electrons. The Morgan fingerprint density at radius 3 is 2.39 bits per heavy atom. The van der Waals surface area contributed by atoms with Gasteiger partial charge < -0.3 is 19.5 Å². The maximum Gasteiger partial charge on any atom is 0.338 e. The fraction of sp³-hybridized carbons (Fsp3) is 0.364. The Balaban J connectivity index is 1.83. The molecular weight excluding hydrogens is 358 g/mol. The fourth-order valence-electron chi connectivity index (χ4n) is 3.41. The second-order valence-electron chi connectivity index (χ2n) is 6.45. The van der Waals surface area contributed by atoms with Crippen LogP contribution in [-0.4, -0.2) is 32.1 Å². The van der Waals surface area contributed by atoms with Crippen molar-refractivity contribution in [1.29, 1.82) is 0 Å². The topological polar surface area (TPSA) is 73.9 Å². The van der Waals surface area contributed by atoms with Gasteiger partial charge in [0.25, 0.3) is 0 Å². The Kier molecular flexibility index (Phi) is 6.44. The number of ketones is 1. The number of rotatable bonds is 7. The first-order valence-electron chi connectivity index (χ1n) is 9.43. The molecule has 1 heterocycles. The molecule has 1 N–H and O–H groups in total. The molecule has 1 aliphatic heterocycles. The highest BCUT2D eigenvalue weighted by molar-refractivity contribution is 6.11. The molecule has 28 heavy (non-hydrogen) atoms. The molecule has 0 amide bonds. The quantitative estimate of drug-likeness (QED) is 0.568. The first-order valence-corrected chi connectivity index (χ1v) is 9.43. The summed E-state index contributed by atoms with van der Waals surface area (Å²) in [5, 5.41) is 3.37. The molecule has 0 spiro atoms. The summed E-state index contributed by atoms with van der Waals surface area (Å²) >= 11 is 0. The maximum absolute atomic E-state index is 12.8. The molecule has 1 atom stereocenters. The molecule has 2 aromatic rings. The number of Topliss-reactive ketones (excluding diaryl/α,β-unsaturated/α-hetero) is 1. The summed E-state index contributed by atoms with van der Waals surface area (Å²) in [7, 11) is 1.31. The van der Waals surface area contributed by atoms with Crippen molar-refractivity contribution in [3.8, 4) is 0 Å². The van der Waals surface area contributed by atoms with Crippen molar-refractivity contribution in [3.05, 3.63) is 64.7 Å². The normalized spacial score (nSPS) is 15.9. The van der Waals surface area contributed by atoms with Crippen LogP contribution in [0.1, 0.15) is 64.4 Å². The van der Waals surface area contributed by atoms with Crippen LogP contribution in [0.25, 0.3) is 0 Å². The number of methoxy groups -OCH3 is 1. The number of carbonyl (C=O) groups excluding carboxylic acids is 2. The van der Waals surface area contributed by atoms with Gasteiger partial charge in [-0.05, 0) is 31.5 Å². The van der Waals surface area contributed by atoms with Crippen LogP contribution in [0, 0.1) is 0 Å². The predicted molar refractivity (Wildman–Crippen MR) is 106 cm³/mol. The van der Waals surface area contributed by atoms with Gasteiger partial charge in [0, 0.05) is 30.9 Å². The molecule has 1 unspecified atom stereocenters. The summed E-state index contributed by atoms with van der Waals surface area (Å²) < 4.78 is 16.1. The zero-order chi connectivity index (χ0) is 20.1. The van der Waals surface area contributed by atoms with E-state index in [1.165, 1.54) is 7.11 Å². The minimum absolute atomic E-state index is 0.0784. The van der Waals surface area contributed by atoms with E-state index in [2.05, 4.69) is 5.32 Å². The van der Waals surface area contributed by atoms with Gasteiger partial charge in [0.15, 0.2) is 12.1 Å². The van der Waals surface area contributed by atoms with Gasteiger partial charge in [-0.1, -0.05) is 30.3 Å². The molecule has 2 aromatic carbocycles. The monoisotopic (exact) mass is 383 g/mol. The van der Waals surface area contributed by atoms with Crippen molar-refractivity contribution in [2.24, 2.45) is 0 Å². The van der Waals surface area contributed by atoms with Crippen LogP contribution >= 0.6 is 0 Å². The van der Waals surface area contributed by atoms with Crippen molar-refractivity contribution < 1.29 is 23.8 Å². The lowest BCUT2D eigenvalue weighted by Crippen LogP contribution is -2.25. The first kappa shape index (κ1) is 20.0. The van der Waals surface area contributed by atoms with E-state index in [4.69, 9.17) is 14.2 Å². The number of benzene rings is 2. The van der Waals surface area contributed by atoms with Crippen molar-refractivity contribution in [2.45, 2.75) is 32.6 Å². The second kappa shape index (κ2) is 8.99. The predicted octanol–water partition coefficient (Wildman–Crippen LogP) is 4.28.